The Morgan fingerprint density at radius 2 is 2.18 bits per heavy atom. The molecule has 3 heteroatoms. The minimum atomic E-state index is 0.143. The van der Waals surface area contributed by atoms with E-state index in [1.807, 2.05) is 30.0 Å². The van der Waals surface area contributed by atoms with Crippen molar-refractivity contribution in [2.45, 2.75) is 33.4 Å². The molecule has 17 heavy (non-hydrogen) atoms. The molecule has 1 N–H and O–H groups in total. The summed E-state index contributed by atoms with van der Waals surface area (Å²) in [5.41, 5.74) is 3.05. The van der Waals surface area contributed by atoms with E-state index in [0.717, 1.165) is 29.8 Å². The molecule has 1 atom stereocenters. The summed E-state index contributed by atoms with van der Waals surface area (Å²) in [6.07, 6.45) is 1.20. The van der Waals surface area contributed by atoms with Crippen LogP contribution in [0.25, 0.3) is 0 Å². The molecule has 0 spiro atoms. The third-order valence-electron chi connectivity index (χ3n) is 4.09. The van der Waals surface area contributed by atoms with Crippen molar-refractivity contribution in [1.29, 1.82) is 0 Å². The van der Waals surface area contributed by atoms with Crippen molar-refractivity contribution < 1.29 is 4.79 Å². The van der Waals surface area contributed by atoms with E-state index < -0.39 is 0 Å². The molecule has 0 bridgehead atoms. The fraction of sp³-hybridized carbons (Fsp3) is 0.500. The molecule has 0 aliphatic carbocycles. The van der Waals surface area contributed by atoms with Crippen molar-refractivity contribution in [3.05, 3.63) is 29.3 Å². The van der Waals surface area contributed by atoms with E-state index in [2.05, 4.69) is 19.2 Å². The molecule has 0 radical (unpaired) electrons. The normalized spacial score (nSPS) is 25.2. The van der Waals surface area contributed by atoms with Crippen LogP contribution in [0.15, 0.2) is 18.2 Å². The zero-order chi connectivity index (χ0) is 12.2. The van der Waals surface area contributed by atoms with Gasteiger partial charge in [-0.2, -0.15) is 0 Å². The second-order valence-electron chi connectivity index (χ2n) is 5.78. The molecule has 90 valence electrons. The maximum atomic E-state index is 12.5. The lowest BCUT2D eigenvalue weighted by atomic mass is 9.88. The van der Waals surface area contributed by atoms with E-state index in [-0.39, 0.29) is 17.5 Å². The molecule has 2 aliphatic rings. The zero-order valence-corrected chi connectivity index (χ0v) is 10.6. The number of carbonyl (C=O) groups excluding carboxylic acids is 1. The van der Waals surface area contributed by atoms with E-state index in [1.54, 1.807) is 0 Å². The highest BCUT2D eigenvalue weighted by atomic mass is 16.2. The molecule has 1 amide bonds. The van der Waals surface area contributed by atoms with E-state index >= 15 is 0 Å². The smallest absolute Gasteiger partial charge is 0.257 e. The number of nitrogens with zero attached hydrogens (tertiary/aromatic N) is 1. The lowest BCUT2D eigenvalue weighted by Gasteiger charge is -2.39. The highest BCUT2D eigenvalue weighted by Gasteiger charge is 2.46. The average Bonchev–Trinajstić information content (AvgIpc) is 2.56. The quantitative estimate of drug-likeness (QED) is 0.743. The lowest BCUT2D eigenvalue weighted by Crippen LogP contribution is -2.49. The summed E-state index contributed by atoms with van der Waals surface area (Å²) in [7, 11) is 0. The number of rotatable bonds is 0. The lowest BCUT2D eigenvalue weighted by molar-refractivity contribution is 0.0698. The predicted octanol–water partition coefficient (Wildman–Crippen LogP) is 2.62. The SMILES string of the molecule is Cc1cccc2c1C(=O)N1CCC(C)(C)C1N2. The third-order valence-corrected chi connectivity index (χ3v) is 4.09. The van der Waals surface area contributed by atoms with Crippen molar-refractivity contribution in [3.8, 4) is 0 Å². The Bertz CT molecular complexity index is 493. The van der Waals surface area contributed by atoms with Gasteiger partial charge in [-0.3, -0.25) is 4.79 Å². The number of benzene rings is 1. The Labute approximate surface area is 102 Å². The van der Waals surface area contributed by atoms with Crippen molar-refractivity contribution in [2.24, 2.45) is 5.41 Å². The Morgan fingerprint density at radius 1 is 1.41 bits per heavy atom. The summed E-state index contributed by atoms with van der Waals surface area (Å²) in [4.78, 5) is 14.5. The topological polar surface area (TPSA) is 32.3 Å². The fourth-order valence-electron chi connectivity index (χ4n) is 2.95. The number of anilines is 1. The number of nitrogens with one attached hydrogen (secondary N) is 1. The van der Waals surface area contributed by atoms with Crippen LogP contribution in [0.2, 0.25) is 0 Å². The highest BCUT2D eigenvalue weighted by molar-refractivity contribution is 6.03. The van der Waals surface area contributed by atoms with Crippen molar-refractivity contribution in [2.75, 3.05) is 11.9 Å². The second kappa shape index (κ2) is 3.25. The van der Waals surface area contributed by atoms with Crippen molar-refractivity contribution >= 4 is 11.6 Å². The van der Waals surface area contributed by atoms with E-state index in [1.165, 1.54) is 0 Å². The van der Waals surface area contributed by atoms with Gasteiger partial charge in [-0.1, -0.05) is 26.0 Å². The van der Waals surface area contributed by atoms with Gasteiger partial charge in [-0.25, -0.2) is 0 Å². The molecule has 3 rings (SSSR count). The zero-order valence-electron chi connectivity index (χ0n) is 10.6. The number of hydrogen-bond acceptors (Lipinski definition) is 2. The first-order valence-electron chi connectivity index (χ1n) is 6.18. The van der Waals surface area contributed by atoms with Gasteiger partial charge in [0.1, 0.15) is 6.17 Å². The van der Waals surface area contributed by atoms with Gasteiger partial charge in [0.25, 0.3) is 5.91 Å². The third kappa shape index (κ3) is 1.38. The summed E-state index contributed by atoms with van der Waals surface area (Å²) in [6.45, 7) is 7.30. The first-order valence-corrected chi connectivity index (χ1v) is 6.18. The van der Waals surface area contributed by atoms with Gasteiger partial charge in [0.15, 0.2) is 0 Å². The van der Waals surface area contributed by atoms with Crippen LogP contribution in [0.5, 0.6) is 0 Å². The molecule has 2 aliphatic heterocycles. The van der Waals surface area contributed by atoms with E-state index in [9.17, 15) is 4.79 Å². The molecule has 0 saturated carbocycles. The van der Waals surface area contributed by atoms with Gasteiger partial charge in [-0.15, -0.1) is 0 Å². The highest BCUT2D eigenvalue weighted by Crippen LogP contribution is 2.41. The Hall–Kier alpha value is -1.51. The molecule has 1 unspecified atom stereocenters. The fourth-order valence-corrected chi connectivity index (χ4v) is 2.95. The molecule has 1 saturated heterocycles. The minimum absolute atomic E-state index is 0.143. The second-order valence-corrected chi connectivity index (χ2v) is 5.78. The molecule has 1 fully saturated rings. The van der Waals surface area contributed by atoms with Gasteiger partial charge >= 0.3 is 0 Å². The number of fused-ring (bicyclic) bond motifs is 2. The van der Waals surface area contributed by atoms with Gasteiger partial charge in [0.2, 0.25) is 0 Å². The predicted molar refractivity (Wildman–Crippen MR) is 68.0 cm³/mol. The summed E-state index contributed by atoms with van der Waals surface area (Å²) < 4.78 is 0. The number of carbonyl (C=O) groups is 1. The standard InChI is InChI=1S/C14H18N2O/c1-9-5-4-6-10-11(9)12(17)16-8-7-14(2,3)13(16)15-10/h4-6,13,15H,7-8H2,1-3H3. The van der Waals surface area contributed by atoms with Gasteiger partial charge < -0.3 is 10.2 Å². The molecule has 1 aromatic rings. The summed E-state index contributed by atoms with van der Waals surface area (Å²) in [6, 6.07) is 6.01. The Balaban J connectivity index is 2.11. The molecular weight excluding hydrogens is 212 g/mol. The first-order chi connectivity index (χ1) is 8.00. The summed E-state index contributed by atoms with van der Waals surface area (Å²) >= 11 is 0. The molecular formula is C14H18N2O. The number of aryl methyl sites for hydroxylation is 1. The van der Waals surface area contributed by atoms with Crippen molar-refractivity contribution in [1.82, 2.24) is 4.90 Å². The van der Waals surface area contributed by atoms with Gasteiger partial charge in [0, 0.05) is 17.6 Å². The largest absolute Gasteiger partial charge is 0.364 e. The van der Waals surface area contributed by atoms with E-state index in [0.29, 0.717) is 0 Å². The van der Waals surface area contributed by atoms with Crippen LogP contribution >= 0.6 is 0 Å². The van der Waals surface area contributed by atoms with Crippen molar-refractivity contribution in [3.63, 3.8) is 0 Å². The Morgan fingerprint density at radius 3 is 2.94 bits per heavy atom. The molecule has 1 aromatic carbocycles. The Kier molecular flexibility index (Phi) is 2.03. The number of hydrogen-bond donors (Lipinski definition) is 1. The summed E-state index contributed by atoms with van der Waals surface area (Å²) in [5, 5.41) is 3.53. The minimum Gasteiger partial charge on any atom is -0.364 e. The molecule has 0 aromatic heterocycles. The van der Waals surface area contributed by atoms with Crippen LogP contribution in [0.4, 0.5) is 5.69 Å². The van der Waals surface area contributed by atoms with Crippen LogP contribution in [-0.2, 0) is 0 Å². The van der Waals surface area contributed by atoms with Crippen LogP contribution in [0, 0.1) is 12.3 Å². The van der Waals surface area contributed by atoms with Gasteiger partial charge in [0.05, 0.1) is 5.56 Å². The maximum absolute atomic E-state index is 12.5. The maximum Gasteiger partial charge on any atom is 0.257 e. The van der Waals surface area contributed by atoms with E-state index in [4.69, 9.17) is 0 Å². The van der Waals surface area contributed by atoms with Crippen LogP contribution in [-0.4, -0.2) is 23.5 Å². The number of amides is 1. The monoisotopic (exact) mass is 230 g/mol. The van der Waals surface area contributed by atoms with Gasteiger partial charge in [-0.05, 0) is 25.0 Å². The van der Waals surface area contributed by atoms with Crippen LogP contribution in [0.3, 0.4) is 0 Å². The molecule has 3 nitrogen and oxygen atoms in total. The first kappa shape index (κ1) is 10.6. The summed E-state index contributed by atoms with van der Waals surface area (Å²) in [5.74, 6) is 0.187. The average molecular weight is 230 g/mol. The van der Waals surface area contributed by atoms with Crippen LogP contribution < -0.4 is 5.32 Å². The molecule has 2 heterocycles. The van der Waals surface area contributed by atoms with Crippen LogP contribution in [0.1, 0.15) is 36.2 Å².